The van der Waals surface area contributed by atoms with Crippen molar-refractivity contribution in [3.63, 3.8) is 0 Å². The lowest BCUT2D eigenvalue weighted by Gasteiger charge is -2.27. The quantitative estimate of drug-likeness (QED) is 0.945. The van der Waals surface area contributed by atoms with E-state index >= 15 is 0 Å². The van der Waals surface area contributed by atoms with E-state index < -0.39 is 12.1 Å². The fourth-order valence-electron chi connectivity index (χ4n) is 2.44. The van der Waals surface area contributed by atoms with Gasteiger partial charge < -0.3 is 9.84 Å². The van der Waals surface area contributed by atoms with Crippen molar-refractivity contribution in [2.24, 2.45) is 0 Å². The van der Waals surface area contributed by atoms with Gasteiger partial charge in [-0.2, -0.15) is 0 Å². The maximum Gasteiger partial charge on any atom is 0.415 e. The molecule has 1 amide bonds. The molecule has 2 aromatic rings. The number of ether oxygens (including phenoxy) is 1. The Bertz CT molecular complexity index is 768. The molecule has 0 atom stereocenters. The van der Waals surface area contributed by atoms with Crippen LogP contribution in [0.3, 0.4) is 0 Å². The van der Waals surface area contributed by atoms with Gasteiger partial charge in [0.1, 0.15) is 12.3 Å². The summed E-state index contributed by atoms with van der Waals surface area (Å²) in [5.41, 5.74) is 2.45. The number of amides is 1. The molecule has 1 aliphatic heterocycles. The highest BCUT2D eigenvalue weighted by atomic mass is 16.6. The Morgan fingerprint density at radius 1 is 1.04 bits per heavy atom. The predicted octanol–water partition coefficient (Wildman–Crippen LogP) is 3.26. The van der Waals surface area contributed by atoms with Crippen molar-refractivity contribution < 1.29 is 19.4 Å². The second-order valence-electron chi connectivity index (χ2n) is 5.16. The summed E-state index contributed by atoms with van der Waals surface area (Å²) in [5.74, 6) is -1.16. The second-order valence-corrected chi connectivity index (χ2v) is 5.16. The van der Waals surface area contributed by atoms with E-state index in [1.165, 1.54) is 6.08 Å². The molecule has 0 bridgehead atoms. The van der Waals surface area contributed by atoms with Crippen molar-refractivity contribution in [2.45, 2.75) is 13.2 Å². The van der Waals surface area contributed by atoms with Gasteiger partial charge in [-0.25, -0.2) is 9.59 Å². The van der Waals surface area contributed by atoms with Gasteiger partial charge in [-0.3, -0.25) is 4.90 Å². The molecule has 0 fully saturated rings. The third-order valence-electron chi connectivity index (χ3n) is 3.61. The lowest BCUT2D eigenvalue weighted by molar-refractivity contribution is -0.134. The zero-order valence-electron chi connectivity index (χ0n) is 12.3. The normalized spacial score (nSPS) is 13.0. The molecule has 1 N–H and O–H groups in total. The van der Waals surface area contributed by atoms with Crippen LogP contribution in [0.1, 0.15) is 16.7 Å². The molecule has 0 aromatic heterocycles. The van der Waals surface area contributed by atoms with E-state index in [0.717, 1.165) is 21.6 Å². The Morgan fingerprint density at radius 3 is 2.48 bits per heavy atom. The number of carbonyl (C=O) groups is 2. The summed E-state index contributed by atoms with van der Waals surface area (Å²) in [6.07, 6.45) is 0.822. The number of hydrogen-bond donors (Lipinski definition) is 1. The highest BCUT2D eigenvalue weighted by Gasteiger charge is 2.28. The minimum absolute atomic E-state index is 0.0817. The van der Waals surface area contributed by atoms with Gasteiger partial charge in [0.15, 0.2) is 0 Å². The Hall–Kier alpha value is -3.08. The molecule has 1 heterocycles. The molecular formula is C18H15NO4. The first-order chi connectivity index (χ1) is 11.1. The minimum atomic E-state index is -1.16. The largest absolute Gasteiger partial charge is 0.477 e. The van der Waals surface area contributed by atoms with E-state index in [-0.39, 0.29) is 18.8 Å². The van der Waals surface area contributed by atoms with Gasteiger partial charge in [0.25, 0.3) is 0 Å². The maximum atomic E-state index is 12.3. The van der Waals surface area contributed by atoms with E-state index in [4.69, 9.17) is 4.74 Å². The first kappa shape index (κ1) is 14.8. The summed E-state index contributed by atoms with van der Waals surface area (Å²) < 4.78 is 5.25. The SMILES string of the molecule is O=C(O)C1=Cc2ccccc2CN1C(=O)OCc1ccccc1. The van der Waals surface area contributed by atoms with Gasteiger partial charge in [0.05, 0.1) is 6.54 Å². The molecule has 3 rings (SSSR count). The van der Waals surface area contributed by atoms with Gasteiger partial charge in [-0.1, -0.05) is 54.6 Å². The third kappa shape index (κ3) is 3.23. The zero-order chi connectivity index (χ0) is 16.2. The molecule has 0 spiro atoms. The molecule has 0 unspecified atom stereocenters. The van der Waals surface area contributed by atoms with Crippen LogP contribution in [0.25, 0.3) is 6.08 Å². The number of carboxylic acids is 1. The van der Waals surface area contributed by atoms with Crippen LogP contribution in [-0.2, 0) is 22.7 Å². The number of carboxylic acid groups (broad SMARTS) is 1. The van der Waals surface area contributed by atoms with E-state index in [0.29, 0.717) is 0 Å². The van der Waals surface area contributed by atoms with Crippen molar-refractivity contribution in [1.82, 2.24) is 4.90 Å². The predicted molar refractivity (Wildman–Crippen MR) is 84.2 cm³/mol. The van der Waals surface area contributed by atoms with E-state index in [2.05, 4.69) is 0 Å². The van der Waals surface area contributed by atoms with Crippen molar-refractivity contribution in [1.29, 1.82) is 0 Å². The highest BCUT2D eigenvalue weighted by Crippen LogP contribution is 2.25. The van der Waals surface area contributed by atoms with Crippen molar-refractivity contribution in [2.75, 3.05) is 0 Å². The third-order valence-corrected chi connectivity index (χ3v) is 3.61. The average molecular weight is 309 g/mol. The lowest BCUT2D eigenvalue weighted by atomic mass is 10.0. The van der Waals surface area contributed by atoms with Crippen LogP contribution in [0.2, 0.25) is 0 Å². The van der Waals surface area contributed by atoms with Gasteiger partial charge in [0.2, 0.25) is 0 Å². The van der Waals surface area contributed by atoms with E-state index in [1.54, 1.807) is 0 Å². The Balaban J connectivity index is 1.78. The Morgan fingerprint density at radius 2 is 1.74 bits per heavy atom. The summed E-state index contributed by atoms with van der Waals surface area (Å²) in [7, 11) is 0. The molecule has 1 aliphatic rings. The van der Waals surface area contributed by atoms with Crippen LogP contribution in [0.5, 0.6) is 0 Å². The first-order valence-corrected chi connectivity index (χ1v) is 7.16. The molecule has 0 saturated carbocycles. The first-order valence-electron chi connectivity index (χ1n) is 7.16. The molecule has 116 valence electrons. The summed E-state index contributed by atoms with van der Waals surface area (Å²) >= 11 is 0. The topological polar surface area (TPSA) is 66.8 Å². The monoisotopic (exact) mass is 309 g/mol. The fraction of sp³-hybridized carbons (Fsp3) is 0.111. The van der Waals surface area contributed by atoms with E-state index in [1.807, 2.05) is 54.6 Å². The summed E-state index contributed by atoms with van der Waals surface area (Å²) in [6.45, 7) is 0.284. The molecular weight excluding hydrogens is 294 g/mol. The number of nitrogens with zero attached hydrogens (tertiary/aromatic N) is 1. The van der Waals surface area contributed by atoms with Crippen molar-refractivity contribution in [3.8, 4) is 0 Å². The Kier molecular flexibility index (Phi) is 4.10. The molecule has 2 aromatic carbocycles. The van der Waals surface area contributed by atoms with Gasteiger partial charge in [-0.15, -0.1) is 0 Å². The van der Waals surface area contributed by atoms with E-state index in [9.17, 15) is 14.7 Å². The fourth-order valence-corrected chi connectivity index (χ4v) is 2.44. The summed E-state index contributed by atoms with van der Waals surface area (Å²) in [4.78, 5) is 24.9. The number of fused-ring (bicyclic) bond motifs is 1. The minimum Gasteiger partial charge on any atom is -0.477 e. The summed E-state index contributed by atoms with van der Waals surface area (Å²) in [5, 5.41) is 9.35. The number of hydrogen-bond acceptors (Lipinski definition) is 3. The zero-order valence-corrected chi connectivity index (χ0v) is 12.3. The lowest BCUT2D eigenvalue weighted by Crippen LogP contribution is -2.35. The maximum absolute atomic E-state index is 12.3. The van der Waals surface area contributed by atoms with Crippen molar-refractivity contribution >= 4 is 18.1 Å². The second kappa shape index (κ2) is 6.36. The number of aliphatic carboxylic acids is 1. The highest BCUT2D eigenvalue weighted by molar-refractivity contribution is 5.96. The molecule has 5 heteroatoms. The van der Waals surface area contributed by atoms with Crippen LogP contribution < -0.4 is 0 Å². The standard InChI is InChI=1S/C18H15NO4/c20-17(21)16-10-14-8-4-5-9-15(14)11-19(16)18(22)23-12-13-6-2-1-3-7-13/h1-10H,11-12H2,(H,20,21). The van der Waals surface area contributed by atoms with Crippen LogP contribution in [-0.4, -0.2) is 22.1 Å². The molecule has 5 nitrogen and oxygen atoms in total. The number of rotatable bonds is 3. The molecule has 0 saturated heterocycles. The van der Waals surface area contributed by atoms with Crippen LogP contribution in [0, 0.1) is 0 Å². The van der Waals surface area contributed by atoms with Gasteiger partial charge in [-0.05, 0) is 22.8 Å². The smallest absolute Gasteiger partial charge is 0.415 e. The molecule has 0 radical (unpaired) electrons. The average Bonchev–Trinajstić information content (AvgIpc) is 2.59. The molecule has 23 heavy (non-hydrogen) atoms. The van der Waals surface area contributed by atoms with Crippen LogP contribution in [0.15, 0.2) is 60.3 Å². The molecule has 0 aliphatic carbocycles. The van der Waals surface area contributed by atoms with Gasteiger partial charge >= 0.3 is 12.1 Å². The van der Waals surface area contributed by atoms with Crippen LogP contribution in [0.4, 0.5) is 4.79 Å². The Labute approximate surface area is 133 Å². The summed E-state index contributed by atoms with van der Waals surface area (Å²) in [6, 6.07) is 16.6. The van der Waals surface area contributed by atoms with Crippen LogP contribution >= 0.6 is 0 Å². The van der Waals surface area contributed by atoms with Crippen molar-refractivity contribution in [3.05, 3.63) is 77.0 Å². The number of carbonyl (C=O) groups excluding carboxylic acids is 1. The van der Waals surface area contributed by atoms with Gasteiger partial charge in [0, 0.05) is 0 Å². The number of benzene rings is 2.